The molecule has 204 valence electrons. The molecule has 1 N–H and O–H groups in total. The Bertz CT molecular complexity index is 1730. The van der Waals surface area contributed by atoms with E-state index in [0.717, 1.165) is 39.0 Å². The number of allylic oxidation sites excluding steroid dienone is 1. The minimum absolute atomic E-state index is 0.293. The van der Waals surface area contributed by atoms with E-state index in [1.54, 1.807) is 0 Å². The summed E-state index contributed by atoms with van der Waals surface area (Å²) in [5.74, 6) is 3.06. The van der Waals surface area contributed by atoms with Crippen LogP contribution < -0.4 is 14.2 Å². The number of hydrogen-bond donors (Lipinski definition) is 1. The van der Waals surface area contributed by atoms with Crippen LogP contribution in [-0.2, 0) is 31.0 Å². The van der Waals surface area contributed by atoms with Crippen molar-refractivity contribution in [2.75, 3.05) is 6.61 Å². The molecule has 0 radical (unpaired) electrons. The molecule has 0 atom stereocenters. The van der Waals surface area contributed by atoms with Gasteiger partial charge in [0.2, 0.25) is 5.82 Å². The molecule has 0 saturated heterocycles. The molecule has 10 heteroatoms. The van der Waals surface area contributed by atoms with Crippen molar-refractivity contribution in [3.8, 4) is 23.3 Å². The van der Waals surface area contributed by atoms with E-state index in [1.165, 1.54) is 0 Å². The second kappa shape index (κ2) is 12.3. The van der Waals surface area contributed by atoms with Crippen LogP contribution in [0.1, 0.15) is 34.6 Å². The van der Waals surface area contributed by atoms with Crippen LogP contribution in [0.4, 0.5) is 0 Å². The number of benzene rings is 3. The lowest BCUT2D eigenvalue weighted by atomic mass is 10.0. The number of aromatic amines is 1. The molecule has 0 aliphatic carbocycles. The first-order valence-electron chi connectivity index (χ1n) is 13.2. The van der Waals surface area contributed by atoms with E-state index in [2.05, 4.69) is 31.7 Å². The Morgan fingerprint density at radius 2 is 1.85 bits per heavy atom. The number of ether oxygens (including phenoxy) is 4. The summed E-state index contributed by atoms with van der Waals surface area (Å²) in [5, 5.41) is 24.0. The van der Waals surface area contributed by atoms with Crippen LogP contribution in [-0.4, -0.2) is 32.2 Å². The zero-order chi connectivity index (χ0) is 27.9. The lowest BCUT2D eigenvalue weighted by molar-refractivity contribution is 0.104. The van der Waals surface area contributed by atoms with Crippen molar-refractivity contribution in [3.05, 3.63) is 107 Å². The molecular weight excluding hydrogens is 520 g/mol. The molecule has 0 fully saturated rings. The Labute approximate surface area is 236 Å². The van der Waals surface area contributed by atoms with Gasteiger partial charge in [0.05, 0.1) is 36.9 Å². The first-order chi connectivity index (χ1) is 20.3. The molecule has 0 amide bonds. The number of para-hydroxylation sites is 1. The maximum atomic E-state index is 8.93. The topological polar surface area (TPSA) is 128 Å². The SMILES string of the molecule is N#CCCOc1ccc(OCc2ccc3ccccc3n2)cc1COCc1cccc2c1CC=C(c1nn[nH]n1)O2. The third-order valence-electron chi connectivity index (χ3n) is 6.57. The van der Waals surface area contributed by atoms with E-state index < -0.39 is 0 Å². The standard InChI is InChI=1S/C31H26N6O4/c32-15-4-16-39-28-13-11-25(40-20-24-10-9-21-5-1-2-7-27(21)33-24)17-23(28)19-38-18-22-6-3-8-29-26(22)12-14-30(41-29)31-34-36-37-35-31/h1-3,5-11,13-14,17H,4,12,16,18-20H2,(H,34,35,36,37). The zero-order valence-corrected chi connectivity index (χ0v) is 22.1. The third-order valence-corrected chi connectivity index (χ3v) is 6.57. The summed E-state index contributed by atoms with van der Waals surface area (Å²) >= 11 is 0. The third kappa shape index (κ3) is 6.16. The van der Waals surface area contributed by atoms with E-state index in [0.29, 0.717) is 62.4 Å². The molecule has 6 rings (SSSR count). The smallest absolute Gasteiger partial charge is 0.239 e. The molecule has 10 nitrogen and oxygen atoms in total. The highest BCUT2D eigenvalue weighted by Gasteiger charge is 2.19. The summed E-state index contributed by atoms with van der Waals surface area (Å²) in [7, 11) is 0. The lowest BCUT2D eigenvalue weighted by Gasteiger charge is -2.19. The molecule has 1 aliphatic heterocycles. The van der Waals surface area contributed by atoms with Gasteiger partial charge in [-0.05, 0) is 59.7 Å². The number of hydrogen-bond acceptors (Lipinski definition) is 9. The Kier molecular flexibility index (Phi) is 7.78. The van der Waals surface area contributed by atoms with Gasteiger partial charge in [-0.25, -0.2) is 4.98 Å². The summed E-state index contributed by atoms with van der Waals surface area (Å²) in [5.41, 5.74) is 4.66. The van der Waals surface area contributed by atoms with Crippen molar-refractivity contribution in [2.24, 2.45) is 0 Å². The van der Waals surface area contributed by atoms with E-state index in [9.17, 15) is 0 Å². The fraction of sp³-hybridized carbons (Fsp3) is 0.194. The van der Waals surface area contributed by atoms with E-state index in [4.69, 9.17) is 24.2 Å². The minimum atomic E-state index is 0.293. The Morgan fingerprint density at radius 1 is 0.927 bits per heavy atom. The Balaban J connectivity index is 1.13. The van der Waals surface area contributed by atoms with Crippen molar-refractivity contribution < 1.29 is 18.9 Å². The molecule has 0 spiro atoms. The summed E-state index contributed by atoms with van der Waals surface area (Å²) in [4.78, 5) is 4.69. The number of fused-ring (bicyclic) bond motifs is 2. The number of nitrogens with zero attached hydrogens (tertiary/aromatic N) is 5. The Hall–Kier alpha value is -5.27. The lowest BCUT2D eigenvalue weighted by Crippen LogP contribution is -2.09. The molecule has 3 heterocycles. The number of rotatable bonds is 11. The van der Waals surface area contributed by atoms with Gasteiger partial charge < -0.3 is 18.9 Å². The number of tetrazole rings is 1. The molecular formula is C31H26N6O4. The molecule has 0 unspecified atom stereocenters. The zero-order valence-electron chi connectivity index (χ0n) is 22.1. The van der Waals surface area contributed by atoms with Crippen molar-refractivity contribution in [1.82, 2.24) is 25.6 Å². The van der Waals surface area contributed by atoms with E-state index in [-0.39, 0.29) is 0 Å². The van der Waals surface area contributed by atoms with Crippen molar-refractivity contribution in [3.63, 3.8) is 0 Å². The summed E-state index contributed by atoms with van der Waals surface area (Å²) < 4.78 is 24.1. The van der Waals surface area contributed by atoms with Gasteiger partial charge in [-0.15, -0.1) is 10.2 Å². The molecule has 0 bridgehead atoms. The molecule has 41 heavy (non-hydrogen) atoms. The minimum Gasteiger partial charge on any atom is -0.492 e. The number of aromatic nitrogens is 5. The van der Waals surface area contributed by atoms with Crippen LogP contribution in [0.5, 0.6) is 17.2 Å². The number of nitrogens with one attached hydrogen (secondary N) is 1. The van der Waals surface area contributed by atoms with Gasteiger partial charge in [0, 0.05) is 16.5 Å². The Morgan fingerprint density at radius 3 is 2.76 bits per heavy atom. The second-order valence-corrected chi connectivity index (χ2v) is 9.31. The van der Waals surface area contributed by atoms with Crippen molar-refractivity contribution in [1.29, 1.82) is 5.26 Å². The van der Waals surface area contributed by atoms with Gasteiger partial charge in [-0.2, -0.15) is 10.5 Å². The van der Waals surface area contributed by atoms with Crippen LogP contribution in [0.25, 0.3) is 16.7 Å². The van der Waals surface area contributed by atoms with E-state index in [1.807, 2.05) is 78.9 Å². The normalized spacial score (nSPS) is 12.2. The maximum absolute atomic E-state index is 8.93. The average molecular weight is 547 g/mol. The van der Waals surface area contributed by atoms with Gasteiger partial charge in [0.1, 0.15) is 30.5 Å². The maximum Gasteiger partial charge on any atom is 0.239 e. The van der Waals surface area contributed by atoms with E-state index >= 15 is 0 Å². The quantitative estimate of drug-likeness (QED) is 0.219. The predicted molar refractivity (Wildman–Crippen MR) is 150 cm³/mol. The number of H-pyrrole nitrogens is 1. The summed E-state index contributed by atoms with van der Waals surface area (Å²) in [6.45, 7) is 1.29. The molecule has 1 aliphatic rings. The highest BCUT2D eigenvalue weighted by molar-refractivity contribution is 5.78. The van der Waals surface area contributed by atoms with Gasteiger partial charge in [-0.3, -0.25) is 0 Å². The van der Waals surface area contributed by atoms with Gasteiger partial charge in [-0.1, -0.05) is 36.4 Å². The fourth-order valence-corrected chi connectivity index (χ4v) is 4.55. The molecule has 3 aromatic carbocycles. The number of nitriles is 1. The van der Waals surface area contributed by atoms with Crippen LogP contribution in [0.3, 0.4) is 0 Å². The van der Waals surface area contributed by atoms with Crippen LogP contribution in [0, 0.1) is 11.3 Å². The summed E-state index contributed by atoms with van der Waals surface area (Å²) in [6, 6.07) is 25.6. The number of pyridine rings is 1. The summed E-state index contributed by atoms with van der Waals surface area (Å²) in [6.07, 6.45) is 2.89. The predicted octanol–water partition coefficient (Wildman–Crippen LogP) is 5.31. The van der Waals surface area contributed by atoms with Gasteiger partial charge in [0.15, 0.2) is 5.76 Å². The highest BCUT2D eigenvalue weighted by Crippen LogP contribution is 2.33. The van der Waals surface area contributed by atoms with Crippen LogP contribution in [0.15, 0.2) is 78.9 Å². The second-order valence-electron chi connectivity index (χ2n) is 9.31. The molecule has 0 saturated carbocycles. The van der Waals surface area contributed by atoms with Crippen molar-refractivity contribution in [2.45, 2.75) is 32.7 Å². The van der Waals surface area contributed by atoms with Crippen LogP contribution in [0.2, 0.25) is 0 Å². The first-order valence-corrected chi connectivity index (χ1v) is 13.2. The highest BCUT2D eigenvalue weighted by atomic mass is 16.5. The van der Waals surface area contributed by atoms with Crippen molar-refractivity contribution >= 4 is 16.7 Å². The first kappa shape index (κ1) is 26.0. The molecule has 5 aromatic rings. The van der Waals surface area contributed by atoms with Gasteiger partial charge in [0.25, 0.3) is 0 Å². The average Bonchev–Trinajstić information content (AvgIpc) is 3.56. The molecule has 2 aromatic heterocycles. The monoisotopic (exact) mass is 546 g/mol. The van der Waals surface area contributed by atoms with Crippen LogP contribution >= 0.6 is 0 Å². The largest absolute Gasteiger partial charge is 0.492 e. The fourth-order valence-electron chi connectivity index (χ4n) is 4.55. The van der Waals surface area contributed by atoms with Gasteiger partial charge >= 0.3 is 0 Å².